The van der Waals surface area contributed by atoms with Gasteiger partial charge >= 0.3 is 0 Å². The van der Waals surface area contributed by atoms with Gasteiger partial charge in [-0.3, -0.25) is 9.59 Å². The van der Waals surface area contributed by atoms with E-state index in [1.54, 1.807) is 19.1 Å². The predicted molar refractivity (Wildman–Crippen MR) is 116 cm³/mol. The van der Waals surface area contributed by atoms with Gasteiger partial charge in [-0.05, 0) is 30.3 Å². The number of methoxy groups -OCH3 is 2. The van der Waals surface area contributed by atoms with Gasteiger partial charge < -0.3 is 19.7 Å². The minimum atomic E-state index is -0.420. The Bertz CT molecular complexity index is 1070. The maximum atomic E-state index is 12.7. The van der Waals surface area contributed by atoms with E-state index in [1.807, 2.05) is 53.9 Å². The zero-order valence-corrected chi connectivity index (χ0v) is 17.4. The summed E-state index contributed by atoms with van der Waals surface area (Å²) in [6.45, 7) is 0.358. The number of anilines is 2. The van der Waals surface area contributed by atoms with Crippen LogP contribution in [0.5, 0.6) is 11.5 Å². The van der Waals surface area contributed by atoms with E-state index in [1.165, 1.54) is 11.3 Å². The van der Waals surface area contributed by atoms with Crippen LogP contribution in [0.15, 0.2) is 53.9 Å². The van der Waals surface area contributed by atoms with Crippen molar-refractivity contribution in [3.8, 4) is 22.8 Å². The molecule has 154 valence electrons. The standard InChI is InChI=1S/C22H21N3O4S/c1-28-16-8-9-19(29-2)17(11-16)18-13-30-22(23-18)24-21(27)14-10-20(26)25(12-14)15-6-4-3-5-7-15/h3-9,11,13-14H,10,12H2,1-2H3,(H,23,24,27). The monoisotopic (exact) mass is 423 g/mol. The third-order valence-electron chi connectivity index (χ3n) is 4.98. The number of hydrogen-bond donors (Lipinski definition) is 1. The Labute approximate surface area is 178 Å². The molecule has 1 aromatic heterocycles. The summed E-state index contributed by atoms with van der Waals surface area (Å²) in [5, 5.41) is 5.18. The third-order valence-corrected chi connectivity index (χ3v) is 5.74. The van der Waals surface area contributed by atoms with E-state index in [2.05, 4.69) is 10.3 Å². The Morgan fingerprint density at radius 3 is 2.70 bits per heavy atom. The molecule has 4 rings (SSSR count). The lowest BCUT2D eigenvalue weighted by atomic mass is 10.1. The Kier molecular flexibility index (Phi) is 5.67. The van der Waals surface area contributed by atoms with Gasteiger partial charge in [-0.1, -0.05) is 18.2 Å². The summed E-state index contributed by atoms with van der Waals surface area (Å²) in [5.74, 6) is 0.674. The van der Waals surface area contributed by atoms with Crippen molar-refractivity contribution in [2.24, 2.45) is 5.92 Å². The second kappa shape index (κ2) is 8.54. The van der Waals surface area contributed by atoms with Gasteiger partial charge in [0.05, 0.1) is 25.8 Å². The first-order chi connectivity index (χ1) is 14.6. The molecule has 0 bridgehead atoms. The fourth-order valence-electron chi connectivity index (χ4n) is 3.42. The van der Waals surface area contributed by atoms with Gasteiger partial charge in [0.2, 0.25) is 11.8 Å². The number of ether oxygens (including phenoxy) is 2. The molecule has 0 aliphatic carbocycles. The van der Waals surface area contributed by atoms with Crippen molar-refractivity contribution in [3.05, 3.63) is 53.9 Å². The Morgan fingerprint density at radius 1 is 1.17 bits per heavy atom. The molecule has 3 aromatic rings. The summed E-state index contributed by atoms with van der Waals surface area (Å²) in [6, 6.07) is 14.8. The number of nitrogens with one attached hydrogen (secondary N) is 1. The smallest absolute Gasteiger partial charge is 0.231 e. The van der Waals surface area contributed by atoms with Gasteiger partial charge in [0.15, 0.2) is 5.13 Å². The van der Waals surface area contributed by atoms with E-state index in [9.17, 15) is 9.59 Å². The molecule has 1 unspecified atom stereocenters. The lowest BCUT2D eigenvalue weighted by molar-refractivity contribution is -0.122. The van der Waals surface area contributed by atoms with Crippen molar-refractivity contribution in [2.45, 2.75) is 6.42 Å². The number of benzene rings is 2. The van der Waals surface area contributed by atoms with E-state index in [4.69, 9.17) is 9.47 Å². The van der Waals surface area contributed by atoms with E-state index < -0.39 is 5.92 Å². The minimum Gasteiger partial charge on any atom is -0.497 e. The van der Waals surface area contributed by atoms with Gasteiger partial charge in [0.1, 0.15) is 11.5 Å². The molecule has 0 spiro atoms. The molecule has 2 amide bonds. The van der Waals surface area contributed by atoms with Crippen molar-refractivity contribution in [3.63, 3.8) is 0 Å². The molecule has 1 fully saturated rings. The SMILES string of the molecule is COc1ccc(OC)c(-c2csc(NC(=O)C3CC(=O)N(c4ccccc4)C3)n2)c1. The highest BCUT2D eigenvalue weighted by molar-refractivity contribution is 7.14. The quantitative estimate of drug-likeness (QED) is 0.652. The molecule has 0 saturated carbocycles. The van der Waals surface area contributed by atoms with Crippen LogP contribution in [0, 0.1) is 5.92 Å². The van der Waals surface area contributed by atoms with Gasteiger partial charge in [-0.25, -0.2) is 4.98 Å². The van der Waals surface area contributed by atoms with Crippen LogP contribution in [-0.2, 0) is 9.59 Å². The number of hydrogen-bond acceptors (Lipinski definition) is 6. The number of thiazole rings is 1. The van der Waals surface area contributed by atoms with E-state index in [-0.39, 0.29) is 18.2 Å². The van der Waals surface area contributed by atoms with E-state index in [0.717, 1.165) is 11.3 Å². The summed E-state index contributed by atoms with van der Waals surface area (Å²) in [4.78, 5) is 31.3. The number of carbonyl (C=O) groups is 2. The molecule has 0 radical (unpaired) electrons. The van der Waals surface area contributed by atoms with Gasteiger partial charge in [-0.2, -0.15) is 0 Å². The normalized spacial score (nSPS) is 15.9. The predicted octanol–water partition coefficient (Wildman–Crippen LogP) is 3.82. The maximum absolute atomic E-state index is 12.7. The molecular weight excluding hydrogens is 402 g/mol. The van der Waals surface area contributed by atoms with Gasteiger partial charge in [0, 0.05) is 29.6 Å². The highest BCUT2D eigenvalue weighted by atomic mass is 32.1. The molecule has 30 heavy (non-hydrogen) atoms. The molecule has 7 nitrogen and oxygen atoms in total. The highest BCUT2D eigenvalue weighted by Gasteiger charge is 2.35. The lowest BCUT2D eigenvalue weighted by Crippen LogP contribution is -2.28. The molecule has 1 saturated heterocycles. The Hall–Kier alpha value is -3.39. The summed E-state index contributed by atoms with van der Waals surface area (Å²) in [7, 11) is 3.19. The summed E-state index contributed by atoms with van der Waals surface area (Å²) >= 11 is 1.32. The van der Waals surface area contributed by atoms with Crippen LogP contribution in [0.4, 0.5) is 10.8 Å². The largest absolute Gasteiger partial charge is 0.497 e. The maximum Gasteiger partial charge on any atom is 0.231 e. The summed E-state index contributed by atoms with van der Waals surface area (Å²) < 4.78 is 10.7. The second-order valence-electron chi connectivity index (χ2n) is 6.83. The van der Waals surface area contributed by atoms with Gasteiger partial charge in [-0.15, -0.1) is 11.3 Å². The zero-order valence-electron chi connectivity index (χ0n) is 16.6. The first-order valence-corrected chi connectivity index (χ1v) is 10.3. The Morgan fingerprint density at radius 2 is 1.97 bits per heavy atom. The molecule has 1 aliphatic rings. The molecule has 2 aromatic carbocycles. The van der Waals surface area contributed by atoms with Crippen LogP contribution >= 0.6 is 11.3 Å². The number of carbonyl (C=O) groups excluding carboxylic acids is 2. The minimum absolute atomic E-state index is 0.0534. The fourth-order valence-corrected chi connectivity index (χ4v) is 4.13. The van der Waals surface area contributed by atoms with E-state index >= 15 is 0 Å². The number of para-hydroxylation sites is 1. The van der Waals surface area contributed by atoms with Crippen molar-refractivity contribution in [1.29, 1.82) is 0 Å². The summed E-state index contributed by atoms with van der Waals surface area (Å²) in [6.07, 6.45) is 0.183. The molecule has 8 heteroatoms. The topological polar surface area (TPSA) is 80.8 Å². The molecule has 1 atom stereocenters. The average molecular weight is 423 g/mol. The molecular formula is C22H21N3O4S. The van der Waals surface area contributed by atoms with Gasteiger partial charge in [0.25, 0.3) is 0 Å². The van der Waals surface area contributed by atoms with E-state index in [0.29, 0.717) is 28.9 Å². The van der Waals surface area contributed by atoms with Crippen LogP contribution in [0.25, 0.3) is 11.3 Å². The van der Waals surface area contributed by atoms with Crippen LogP contribution in [0.1, 0.15) is 6.42 Å². The van der Waals surface area contributed by atoms with Crippen molar-refractivity contribution in [1.82, 2.24) is 4.98 Å². The fraction of sp³-hybridized carbons (Fsp3) is 0.227. The van der Waals surface area contributed by atoms with Crippen LogP contribution in [-0.4, -0.2) is 37.6 Å². The van der Waals surface area contributed by atoms with Crippen LogP contribution < -0.4 is 19.7 Å². The number of amides is 2. The number of aromatic nitrogens is 1. The van der Waals surface area contributed by atoms with Crippen molar-refractivity contribution >= 4 is 34.0 Å². The number of rotatable bonds is 6. The second-order valence-corrected chi connectivity index (χ2v) is 7.69. The molecule has 2 heterocycles. The average Bonchev–Trinajstić information content (AvgIpc) is 3.40. The molecule has 1 aliphatic heterocycles. The summed E-state index contributed by atoms with van der Waals surface area (Å²) in [5.41, 5.74) is 2.26. The third kappa shape index (κ3) is 3.99. The first kappa shape index (κ1) is 19.9. The van der Waals surface area contributed by atoms with Crippen LogP contribution in [0.2, 0.25) is 0 Å². The Balaban J connectivity index is 1.47. The lowest BCUT2D eigenvalue weighted by Gasteiger charge is -2.16. The van der Waals surface area contributed by atoms with Crippen molar-refractivity contribution in [2.75, 3.05) is 31.0 Å². The van der Waals surface area contributed by atoms with Crippen LogP contribution in [0.3, 0.4) is 0 Å². The van der Waals surface area contributed by atoms with Crippen molar-refractivity contribution < 1.29 is 19.1 Å². The highest BCUT2D eigenvalue weighted by Crippen LogP contribution is 2.35. The first-order valence-electron chi connectivity index (χ1n) is 9.43. The molecule has 1 N–H and O–H groups in total. The number of nitrogens with zero attached hydrogens (tertiary/aromatic N) is 2. The zero-order chi connectivity index (χ0) is 21.1.